The molecule has 1 heteroatoms. The molecule has 0 aliphatic carbocycles. The van der Waals surface area contributed by atoms with E-state index >= 15 is 0 Å². The predicted molar refractivity (Wildman–Crippen MR) is 95.8 cm³/mol. The van der Waals surface area contributed by atoms with Gasteiger partial charge in [0.25, 0.3) is 0 Å². The molecule has 1 unspecified atom stereocenters. The van der Waals surface area contributed by atoms with E-state index in [4.69, 9.17) is 0 Å². The van der Waals surface area contributed by atoms with Gasteiger partial charge in [0.1, 0.15) is 0 Å². The zero-order valence-electron chi connectivity index (χ0n) is 13.4. The van der Waals surface area contributed by atoms with Gasteiger partial charge in [0, 0.05) is 0 Å². The van der Waals surface area contributed by atoms with Crippen LogP contribution in [0.1, 0.15) is 56.1 Å². The molecule has 0 nitrogen and oxygen atoms in total. The first-order valence-corrected chi connectivity index (χ1v) is 8.00. The Bertz CT molecular complexity index is 431. The maximum Gasteiger partial charge on any atom is 0.0516 e. The van der Waals surface area contributed by atoms with E-state index in [-0.39, 0.29) is 5.25 Å². The fraction of sp³-hybridized carbons (Fsp3) is 0.368. The summed E-state index contributed by atoms with van der Waals surface area (Å²) >= 11 is 4.64. The molecule has 0 saturated carbocycles. The number of benzene rings is 2. The topological polar surface area (TPSA) is 0 Å². The van der Waals surface area contributed by atoms with Gasteiger partial charge < -0.3 is 0 Å². The highest BCUT2D eigenvalue weighted by Crippen LogP contribution is 2.27. The molecule has 2 aromatic carbocycles. The zero-order valence-corrected chi connectivity index (χ0v) is 14.3. The first kappa shape index (κ1) is 18.8. The van der Waals surface area contributed by atoms with Crippen molar-refractivity contribution in [1.82, 2.24) is 0 Å². The van der Waals surface area contributed by atoms with Gasteiger partial charge in [-0.3, -0.25) is 0 Å². The molecule has 110 valence electrons. The SMILES string of the molecule is CC.CCC.Cc1ccc(C(S)c2ccccc2)cc1. The normalized spacial score (nSPS) is 10.5. The van der Waals surface area contributed by atoms with Crippen molar-refractivity contribution in [3.63, 3.8) is 0 Å². The lowest BCUT2D eigenvalue weighted by atomic mass is 10.0. The second-order valence-corrected chi connectivity index (χ2v) is 4.95. The van der Waals surface area contributed by atoms with Crippen molar-refractivity contribution < 1.29 is 0 Å². The van der Waals surface area contributed by atoms with Gasteiger partial charge in [-0.2, -0.15) is 12.6 Å². The Hall–Kier alpha value is -1.21. The zero-order chi connectivity index (χ0) is 15.4. The highest BCUT2D eigenvalue weighted by atomic mass is 32.1. The first-order valence-electron chi connectivity index (χ1n) is 7.48. The van der Waals surface area contributed by atoms with Crippen LogP contribution >= 0.6 is 12.6 Å². The summed E-state index contributed by atoms with van der Waals surface area (Å²) in [6, 6.07) is 18.9. The number of rotatable bonds is 2. The van der Waals surface area contributed by atoms with Gasteiger partial charge in [-0.05, 0) is 18.1 Å². The minimum atomic E-state index is 0.173. The van der Waals surface area contributed by atoms with Crippen molar-refractivity contribution in [2.75, 3.05) is 0 Å². The Balaban J connectivity index is 0.000000641. The van der Waals surface area contributed by atoms with E-state index in [2.05, 4.69) is 69.8 Å². The van der Waals surface area contributed by atoms with Crippen molar-refractivity contribution >= 4 is 12.6 Å². The average Bonchev–Trinajstić information content (AvgIpc) is 2.51. The van der Waals surface area contributed by atoms with Crippen molar-refractivity contribution in [3.05, 3.63) is 71.3 Å². The molecule has 2 rings (SSSR count). The molecular formula is C19H28S. The number of thiol groups is 1. The molecule has 0 N–H and O–H groups in total. The van der Waals surface area contributed by atoms with E-state index < -0.39 is 0 Å². The molecule has 0 aliphatic heterocycles. The van der Waals surface area contributed by atoms with Crippen molar-refractivity contribution in [1.29, 1.82) is 0 Å². The fourth-order valence-corrected chi connectivity index (χ4v) is 1.92. The monoisotopic (exact) mass is 288 g/mol. The van der Waals surface area contributed by atoms with Crippen LogP contribution in [0.3, 0.4) is 0 Å². The van der Waals surface area contributed by atoms with E-state index in [9.17, 15) is 0 Å². The van der Waals surface area contributed by atoms with Crippen LogP contribution in [0.25, 0.3) is 0 Å². The van der Waals surface area contributed by atoms with E-state index in [1.54, 1.807) is 0 Å². The second-order valence-electron chi connectivity index (χ2n) is 4.43. The quantitative estimate of drug-likeness (QED) is 0.603. The van der Waals surface area contributed by atoms with Gasteiger partial charge in [0.2, 0.25) is 0 Å². The van der Waals surface area contributed by atoms with Crippen molar-refractivity contribution in [3.8, 4) is 0 Å². The molecule has 0 spiro atoms. The van der Waals surface area contributed by atoms with Crippen LogP contribution in [0, 0.1) is 6.92 Å². The summed E-state index contributed by atoms with van der Waals surface area (Å²) in [5.74, 6) is 0. The molecule has 0 aliphatic rings. The van der Waals surface area contributed by atoms with Crippen LogP contribution in [0.2, 0.25) is 0 Å². The van der Waals surface area contributed by atoms with Crippen LogP contribution in [0.15, 0.2) is 54.6 Å². The highest BCUT2D eigenvalue weighted by molar-refractivity contribution is 7.80. The van der Waals surface area contributed by atoms with Crippen LogP contribution in [0.4, 0.5) is 0 Å². The van der Waals surface area contributed by atoms with Gasteiger partial charge in [0.15, 0.2) is 0 Å². The highest BCUT2D eigenvalue weighted by Gasteiger charge is 2.07. The van der Waals surface area contributed by atoms with Gasteiger partial charge in [-0.1, -0.05) is 94.3 Å². The summed E-state index contributed by atoms with van der Waals surface area (Å²) in [7, 11) is 0. The molecule has 2 aromatic rings. The summed E-state index contributed by atoms with van der Waals surface area (Å²) in [5.41, 5.74) is 3.77. The number of hydrogen-bond acceptors (Lipinski definition) is 1. The first-order chi connectivity index (χ1) is 9.69. The Morgan fingerprint density at radius 2 is 1.20 bits per heavy atom. The lowest BCUT2D eigenvalue weighted by molar-refractivity contribution is 1.09. The smallest absolute Gasteiger partial charge is 0.0516 e. The largest absolute Gasteiger partial charge is 0.166 e. The fourth-order valence-electron chi connectivity index (χ4n) is 1.58. The maximum atomic E-state index is 4.64. The number of aryl methyl sites for hydroxylation is 1. The molecule has 20 heavy (non-hydrogen) atoms. The third-order valence-corrected chi connectivity index (χ3v) is 3.10. The van der Waals surface area contributed by atoms with Crippen LogP contribution in [0.5, 0.6) is 0 Å². The summed E-state index contributed by atoms with van der Waals surface area (Å²) in [4.78, 5) is 0. The minimum absolute atomic E-state index is 0.173. The van der Waals surface area contributed by atoms with Gasteiger partial charge in [-0.25, -0.2) is 0 Å². The third-order valence-electron chi connectivity index (χ3n) is 2.51. The molecular weight excluding hydrogens is 260 g/mol. The number of hydrogen-bond donors (Lipinski definition) is 1. The lowest BCUT2D eigenvalue weighted by Gasteiger charge is -2.11. The lowest BCUT2D eigenvalue weighted by Crippen LogP contribution is -1.92. The molecule has 0 saturated heterocycles. The van der Waals surface area contributed by atoms with E-state index in [0.29, 0.717) is 0 Å². The summed E-state index contributed by atoms with van der Waals surface area (Å²) < 4.78 is 0. The summed E-state index contributed by atoms with van der Waals surface area (Å²) in [5, 5.41) is 0.173. The average molecular weight is 288 g/mol. The van der Waals surface area contributed by atoms with E-state index in [0.717, 1.165) is 0 Å². The Labute approximate surface area is 130 Å². The van der Waals surface area contributed by atoms with E-state index in [1.807, 2.05) is 32.0 Å². The van der Waals surface area contributed by atoms with Gasteiger partial charge in [0.05, 0.1) is 5.25 Å². The van der Waals surface area contributed by atoms with Gasteiger partial charge in [-0.15, -0.1) is 0 Å². The molecule has 0 fully saturated rings. The molecule has 0 radical (unpaired) electrons. The second kappa shape index (κ2) is 11.6. The summed E-state index contributed by atoms with van der Waals surface area (Å²) in [6.07, 6.45) is 1.25. The van der Waals surface area contributed by atoms with Crippen LogP contribution < -0.4 is 0 Å². The summed E-state index contributed by atoms with van der Waals surface area (Å²) in [6.45, 7) is 10.3. The molecule has 1 atom stereocenters. The van der Waals surface area contributed by atoms with Crippen molar-refractivity contribution in [2.24, 2.45) is 0 Å². The van der Waals surface area contributed by atoms with E-state index in [1.165, 1.54) is 23.1 Å². The standard InChI is InChI=1S/C14H14S.C3H8.C2H6/c1-11-7-9-13(10-8-11)14(15)12-5-3-2-4-6-12;1-3-2;1-2/h2-10,14-15H,1H3;3H2,1-2H3;1-2H3. The molecule has 0 bridgehead atoms. The minimum Gasteiger partial charge on any atom is -0.166 e. The Kier molecular flexibility index (Phi) is 10.9. The van der Waals surface area contributed by atoms with Crippen LogP contribution in [-0.2, 0) is 0 Å². The predicted octanol–water partition coefficient (Wildman–Crippen LogP) is 6.46. The maximum absolute atomic E-state index is 4.64. The van der Waals surface area contributed by atoms with Crippen LogP contribution in [-0.4, -0.2) is 0 Å². The Morgan fingerprint density at radius 1 is 0.800 bits per heavy atom. The molecule has 0 amide bonds. The molecule has 0 aromatic heterocycles. The molecule has 0 heterocycles. The van der Waals surface area contributed by atoms with Gasteiger partial charge >= 0.3 is 0 Å². The van der Waals surface area contributed by atoms with Crippen molar-refractivity contribution in [2.45, 2.75) is 46.3 Å². The third kappa shape index (κ3) is 6.81. The Morgan fingerprint density at radius 3 is 1.65 bits per heavy atom.